The van der Waals surface area contributed by atoms with E-state index in [0.717, 1.165) is 50.8 Å². The normalized spacial score (nSPS) is 17.4. The predicted molar refractivity (Wildman–Crippen MR) is 110 cm³/mol. The minimum Gasteiger partial charge on any atom is -0.493 e. The molecular formula is C21H36N4O. The van der Waals surface area contributed by atoms with Crippen molar-refractivity contribution in [1.29, 1.82) is 0 Å². The zero-order valence-electron chi connectivity index (χ0n) is 17.1. The van der Waals surface area contributed by atoms with Crippen LogP contribution in [-0.2, 0) is 0 Å². The van der Waals surface area contributed by atoms with Crippen LogP contribution in [0.4, 0.5) is 0 Å². The number of rotatable bonds is 8. The van der Waals surface area contributed by atoms with E-state index in [1.165, 1.54) is 5.56 Å². The highest BCUT2D eigenvalue weighted by Gasteiger charge is 2.21. The van der Waals surface area contributed by atoms with Gasteiger partial charge in [0.25, 0.3) is 0 Å². The number of hydrogen-bond acceptors (Lipinski definition) is 3. The molecule has 5 heteroatoms. The lowest BCUT2D eigenvalue weighted by Crippen LogP contribution is -2.42. The number of aliphatic imine (C=N–C) groups is 1. The van der Waals surface area contributed by atoms with Crippen molar-refractivity contribution in [1.82, 2.24) is 15.5 Å². The second kappa shape index (κ2) is 10.4. The van der Waals surface area contributed by atoms with Crippen LogP contribution in [0.15, 0.2) is 29.3 Å². The van der Waals surface area contributed by atoms with Gasteiger partial charge in [0.1, 0.15) is 5.75 Å². The molecule has 26 heavy (non-hydrogen) atoms. The SMILES string of the molecule is CN=C(NCCCN(C(C)C)C(C)C)NCC1CCOc2ccccc21. The van der Waals surface area contributed by atoms with Crippen molar-refractivity contribution in [2.45, 2.75) is 58.5 Å². The van der Waals surface area contributed by atoms with E-state index in [1.54, 1.807) is 0 Å². The Balaban J connectivity index is 1.75. The van der Waals surface area contributed by atoms with Crippen LogP contribution < -0.4 is 15.4 Å². The lowest BCUT2D eigenvalue weighted by Gasteiger charge is -2.30. The fourth-order valence-corrected chi connectivity index (χ4v) is 3.65. The zero-order chi connectivity index (χ0) is 18.9. The minimum atomic E-state index is 0.468. The highest BCUT2D eigenvalue weighted by Crippen LogP contribution is 2.32. The maximum absolute atomic E-state index is 5.75. The van der Waals surface area contributed by atoms with Crippen LogP contribution in [-0.4, -0.2) is 56.2 Å². The fourth-order valence-electron chi connectivity index (χ4n) is 3.65. The number of fused-ring (bicyclic) bond motifs is 1. The molecule has 0 amide bonds. The van der Waals surface area contributed by atoms with Crippen LogP contribution in [0.5, 0.6) is 5.75 Å². The molecule has 1 atom stereocenters. The van der Waals surface area contributed by atoms with Crippen molar-refractivity contribution >= 4 is 5.96 Å². The van der Waals surface area contributed by atoms with Crippen LogP contribution in [0.3, 0.4) is 0 Å². The summed E-state index contributed by atoms with van der Waals surface area (Å²) in [6.07, 6.45) is 2.15. The molecule has 1 aliphatic heterocycles. The number of guanidine groups is 1. The topological polar surface area (TPSA) is 48.9 Å². The molecule has 1 unspecified atom stereocenters. The summed E-state index contributed by atoms with van der Waals surface area (Å²) in [5.74, 6) is 2.38. The molecule has 1 heterocycles. The molecule has 0 spiro atoms. The number of para-hydroxylation sites is 1. The van der Waals surface area contributed by atoms with E-state index in [0.29, 0.717) is 18.0 Å². The Morgan fingerprint density at radius 1 is 1.19 bits per heavy atom. The fraction of sp³-hybridized carbons (Fsp3) is 0.667. The van der Waals surface area contributed by atoms with Crippen molar-refractivity contribution in [3.05, 3.63) is 29.8 Å². The molecule has 146 valence electrons. The number of nitrogens with one attached hydrogen (secondary N) is 2. The summed E-state index contributed by atoms with van der Waals surface area (Å²) in [4.78, 5) is 6.89. The standard InChI is InChI=1S/C21H36N4O/c1-16(2)25(17(3)4)13-8-12-23-21(22-5)24-15-18-11-14-26-20-10-7-6-9-19(18)20/h6-7,9-10,16-18H,8,11-15H2,1-5H3,(H2,22,23,24). The molecule has 0 aliphatic carbocycles. The highest BCUT2D eigenvalue weighted by atomic mass is 16.5. The molecule has 2 rings (SSSR count). The van der Waals surface area contributed by atoms with Gasteiger partial charge < -0.3 is 15.4 Å². The van der Waals surface area contributed by atoms with Crippen molar-refractivity contribution in [3.63, 3.8) is 0 Å². The van der Waals surface area contributed by atoms with Crippen LogP contribution in [0.2, 0.25) is 0 Å². The average Bonchev–Trinajstić information content (AvgIpc) is 2.63. The number of ether oxygens (including phenoxy) is 1. The first-order chi connectivity index (χ1) is 12.5. The second-order valence-electron chi connectivity index (χ2n) is 7.53. The third-order valence-corrected chi connectivity index (χ3v) is 5.03. The number of hydrogen-bond donors (Lipinski definition) is 2. The van der Waals surface area contributed by atoms with Gasteiger partial charge in [0, 0.05) is 44.7 Å². The third kappa shape index (κ3) is 5.90. The first kappa shape index (κ1) is 20.6. The van der Waals surface area contributed by atoms with Gasteiger partial charge in [-0.1, -0.05) is 18.2 Å². The Morgan fingerprint density at radius 3 is 2.62 bits per heavy atom. The van der Waals surface area contributed by atoms with Gasteiger partial charge in [0.15, 0.2) is 5.96 Å². The summed E-state index contributed by atoms with van der Waals surface area (Å²) in [6, 6.07) is 9.52. The van der Waals surface area contributed by atoms with E-state index >= 15 is 0 Å². The van der Waals surface area contributed by atoms with Crippen LogP contribution in [0.1, 0.15) is 52.0 Å². The maximum Gasteiger partial charge on any atom is 0.190 e. The van der Waals surface area contributed by atoms with E-state index < -0.39 is 0 Å². The minimum absolute atomic E-state index is 0.468. The third-order valence-electron chi connectivity index (χ3n) is 5.03. The van der Waals surface area contributed by atoms with Gasteiger partial charge in [-0.05, 0) is 52.2 Å². The number of nitrogens with zero attached hydrogens (tertiary/aromatic N) is 2. The second-order valence-corrected chi connectivity index (χ2v) is 7.53. The van der Waals surface area contributed by atoms with Gasteiger partial charge in [-0.2, -0.15) is 0 Å². The molecule has 1 aliphatic rings. The molecule has 2 N–H and O–H groups in total. The van der Waals surface area contributed by atoms with Crippen molar-refractivity contribution < 1.29 is 4.74 Å². The predicted octanol–water partition coefficient (Wildman–Crippen LogP) is 3.23. The molecule has 0 aromatic heterocycles. The summed E-state index contributed by atoms with van der Waals surface area (Å²) >= 11 is 0. The molecular weight excluding hydrogens is 324 g/mol. The lowest BCUT2D eigenvalue weighted by molar-refractivity contribution is 0.173. The van der Waals surface area contributed by atoms with Gasteiger partial charge in [-0.25, -0.2) is 0 Å². The van der Waals surface area contributed by atoms with Crippen LogP contribution in [0.25, 0.3) is 0 Å². The van der Waals surface area contributed by atoms with Crippen molar-refractivity contribution in [2.75, 3.05) is 33.3 Å². The molecule has 5 nitrogen and oxygen atoms in total. The molecule has 1 aromatic carbocycles. The largest absolute Gasteiger partial charge is 0.493 e. The van der Waals surface area contributed by atoms with E-state index in [1.807, 2.05) is 13.1 Å². The highest BCUT2D eigenvalue weighted by molar-refractivity contribution is 5.79. The van der Waals surface area contributed by atoms with Gasteiger partial charge in [-0.3, -0.25) is 9.89 Å². The molecule has 0 saturated heterocycles. The Kier molecular flexibility index (Phi) is 8.23. The van der Waals surface area contributed by atoms with E-state index in [-0.39, 0.29) is 0 Å². The molecule has 0 fully saturated rings. The van der Waals surface area contributed by atoms with Crippen LogP contribution in [0, 0.1) is 0 Å². The first-order valence-electron chi connectivity index (χ1n) is 9.95. The summed E-state index contributed by atoms with van der Waals surface area (Å²) < 4.78 is 5.75. The van der Waals surface area contributed by atoms with E-state index in [4.69, 9.17) is 4.74 Å². The Hall–Kier alpha value is -1.75. The van der Waals surface area contributed by atoms with Gasteiger partial charge >= 0.3 is 0 Å². The summed E-state index contributed by atoms with van der Waals surface area (Å²) in [5.41, 5.74) is 1.30. The molecule has 1 aromatic rings. The Bertz CT molecular complexity index is 563. The van der Waals surface area contributed by atoms with E-state index in [2.05, 4.69) is 66.4 Å². The number of benzene rings is 1. The smallest absolute Gasteiger partial charge is 0.190 e. The summed E-state index contributed by atoms with van der Waals surface area (Å²) in [5, 5.41) is 6.93. The summed E-state index contributed by atoms with van der Waals surface area (Å²) in [7, 11) is 1.84. The van der Waals surface area contributed by atoms with Gasteiger partial charge in [-0.15, -0.1) is 0 Å². The zero-order valence-corrected chi connectivity index (χ0v) is 17.1. The maximum atomic E-state index is 5.75. The molecule has 0 radical (unpaired) electrons. The Labute approximate surface area is 159 Å². The van der Waals surface area contributed by atoms with Gasteiger partial charge in [0.05, 0.1) is 6.61 Å². The average molecular weight is 361 g/mol. The monoisotopic (exact) mass is 360 g/mol. The quantitative estimate of drug-likeness (QED) is 0.424. The summed E-state index contributed by atoms with van der Waals surface area (Å²) in [6.45, 7) is 12.8. The van der Waals surface area contributed by atoms with Crippen molar-refractivity contribution in [3.8, 4) is 5.75 Å². The van der Waals surface area contributed by atoms with Crippen molar-refractivity contribution in [2.24, 2.45) is 4.99 Å². The molecule has 0 saturated carbocycles. The van der Waals surface area contributed by atoms with Gasteiger partial charge in [0.2, 0.25) is 0 Å². The first-order valence-corrected chi connectivity index (χ1v) is 9.95. The Morgan fingerprint density at radius 2 is 1.92 bits per heavy atom. The lowest BCUT2D eigenvalue weighted by atomic mass is 9.93. The van der Waals surface area contributed by atoms with E-state index in [9.17, 15) is 0 Å². The van der Waals surface area contributed by atoms with Crippen LogP contribution >= 0.6 is 0 Å². The molecule has 0 bridgehead atoms.